The number of hydrogen-bond acceptors (Lipinski definition) is 5. The van der Waals surface area contributed by atoms with E-state index in [9.17, 15) is 10.1 Å². The first-order valence-electron chi connectivity index (χ1n) is 5.96. The van der Waals surface area contributed by atoms with Crippen LogP contribution in [0.5, 0.6) is 0 Å². The SMILES string of the molecule is CC(NC(C)c1cncs1)c1cccc([N+](=O)[O-])c1. The van der Waals surface area contributed by atoms with Crippen LogP contribution in [0.15, 0.2) is 36.0 Å². The summed E-state index contributed by atoms with van der Waals surface area (Å²) in [4.78, 5) is 15.6. The molecule has 0 aliphatic heterocycles. The Balaban J connectivity index is 2.09. The van der Waals surface area contributed by atoms with E-state index >= 15 is 0 Å². The zero-order chi connectivity index (χ0) is 13.8. The standard InChI is InChI=1S/C13H15N3O2S/c1-9(15-10(2)13-7-14-8-19-13)11-4-3-5-12(6-11)16(17)18/h3-10,15H,1-2H3. The minimum Gasteiger partial charge on any atom is -0.303 e. The van der Waals surface area contributed by atoms with E-state index in [1.807, 2.05) is 19.2 Å². The molecule has 0 saturated heterocycles. The fourth-order valence-corrected chi connectivity index (χ4v) is 2.54. The molecule has 0 aliphatic rings. The highest BCUT2D eigenvalue weighted by atomic mass is 32.1. The molecule has 2 atom stereocenters. The van der Waals surface area contributed by atoms with Crippen LogP contribution in [0.4, 0.5) is 5.69 Å². The number of nitro groups is 1. The summed E-state index contributed by atoms with van der Waals surface area (Å²) in [6, 6.07) is 6.92. The van der Waals surface area contributed by atoms with E-state index in [2.05, 4.69) is 17.2 Å². The van der Waals surface area contributed by atoms with Gasteiger partial charge in [0.1, 0.15) is 0 Å². The highest BCUT2D eigenvalue weighted by Gasteiger charge is 2.14. The molecule has 1 N–H and O–H groups in total. The predicted molar refractivity (Wildman–Crippen MR) is 75.2 cm³/mol. The molecular formula is C13H15N3O2S. The quantitative estimate of drug-likeness (QED) is 0.671. The Morgan fingerprint density at radius 1 is 1.37 bits per heavy atom. The van der Waals surface area contributed by atoms with Gasteiger partial charge in [0.15, 0.2) is 0 Å². The minimum absolute atomic E-state index is 0.0389. The van der Waals surface area contributed by atoms with Gasteiger partial charge in [0, 0.05) is 35.3 Å². The summed E-state index contributed by atoms with van der Waals surface area (Å²) in [5, 5.41) is 14.2. The number of nitrogens with zero attached hydrogens (tertiary/aromatic N) is 2. The molecule has 0 radical (unpaired) electrons. The van der Waals surface area contributed by atoms with E-state index in [0.717, 1.165) is 10.4 Å². The van der Waals surface area contributed by atoms with Gasteiger partial charge < -0.3 is 5.32 Å². The molecule has 0 aliphatic carbocycles. The average molecular weight is 277 g/mol. The van der Waals surface area contributed by atoms with Gasteiger partial charge >= 0.3 is 0 Å². The van der Waals surface area contributed by atoms with Gasteiger partial charge in [0.25, 0.3) is 5.69 Å². The number of non-ortho nitro benzene ring substituents is 1. The lowest BCUT2D eigenvalue weighted by molar-refractivity contribution is -0.384. The maximum absolute atomic E-state index is 10.8. The number of hydrogen-bond donors (Lipinski definition) is 1. The van der Waals surface area contributed by atoms with Crippen LogP contribution in [-0.2, 0) is 0 Å². The first kappa shape index (κ1) is 13.6. The summed E-state index contributed by atoms with van der Waals surface area (Å²) in [5.74, 6) is 0. The Kier molecular flexibility index (Phi) is 4.24. The van der Waals surface area contributed by atoms with Crippen LogP contribution in [0.3, 0.4) is 0 Å². The van der Waals surface area contributed by atoms with Crippen molar-refractivity contribution in [3.8, 4) is 0 Å². The second-order valence-electron chi connectivity index (χ2n) is 4.37. The summed E-state index contributed by atoms with van der Waals surface area (Å²) in [6.07, 6.45) is 1.84. The highest BCUT2D eigenvalue weighted by molar-refractivity contribution is 7.09. The first-order valence-corrected chi connectivity index (χ1v) is 6.84. The Morgan fingerprint density at radius 3 is 2.79 bits per heavy atom. The lowest BCUT2D eigenvalue weighted by Crippen LogP contribution is -2.21. The van der Waals surface area contributed by atoms with Crippen LogP contribution in [0.1, 0.15) is 36.4 Å². The van der Waals surface area contributed by atoms with Gasteiger partial charge in [-0.3, -0.25) is 15.1 Å². The number of nitrogens with one attached hydrogen (secondary N) is 1. The van der Waals surface area contributed by atoms with E-state index in [1.165, 1.54) is 6.07 Å². The van der Waals surface area contributed by atoms with E-state index in [1.54, 1.807) is 29.0 Å². The molecule has 100 valence electrons. The number of benzene rings is 1. The second kappa shape index (κ2) is 5.90. The Bertz CT molecular complexity index is 557. The fourth-order valence-electron chi connectivity index (χ4n) is 1.90. The van der Waals surface area contributed by atoms with Crippen LogP contribution in [0.2, 0.25) is 0 Å². The van der Waals surface area contributed by atoms with Gasteiger partial charge in [-0.25, -0.2) is 0 Å². The molecule has 2 rings (SSSR count). The molecule has 5 nitrogen and oxygen atoms in total. The zero-order valence-corrected chi connectivity index (χ0v) is 11.6. The van der Waals surface area contributed by atoms with E-state index in [4.69, 9.17) is 0 Å². The average Bonchev–Trinajstić information content (AvgIpc) is 2.92. The third-order valence-corrected chi connectivity index (χ3v) is 3.92. The van der Waals surface area contributed by atoms with Crippen LogP contribution in [0.25, 0.3) is 0 Å². The van der Waals surface area contributed by atoms with Crippen LogP contribution >= 0.6 is 11.3 Å². The molecular weight excluding hydrogens is 262 g/mol. The van der Waals surface area contributed by atoms with Crippen molar-refractivity contribution in [2.24, 2.45) is 0 Å². The molecule has 1 aromatic heterocycles. The van der Waals surface area contributed by atoms with Crippen molar-refractivity contribution in [1.82, 2.24) is 10.3 Å². The zero-order valence-electron chi connectivity index (χ0n) is 10.7. The Hall–Kier alpha value is -1.79. The molecule has 19 heavy (non-hydrogen) atoms. The van der Waals surface area contributed by atoms with Crippen molar-refractivity contribution in [1.29, 1.82) is 0 Å². The van der Waals surface area contributed by atoms with Gasteiger partial charge in [-0.1, -0.05) is 12.1 Å². The normalized spacial score (nSPS) is 14.0. The van der Waals surface area contributed by atoms with Gasteiger partial charge in [-0.05, 0) is 19.4 Å². The van der Waals surface area contributed by atoms with Crippen molar-refractivity contribution in [3.63, 3.8) is 0 Å². The van der Waals surface area contributed by atoms with E-state index in [-0.39, 0.29) is 22.7 Å². The summed E-state index contributed by atoms with van der Waals surface area (Å²) >= 11 is 1.59. The third kappa shape index (κ3) is 3.36. The molecule has 2 unspecified atom stereocenters. The highest BCUT2D eigenvalue weighted by Crippen LogP contribution is 2.23. The van der Waals surface area contributed by atoms with Crippen molar-refractivity contribution in [2.75, 3.05) is 0 Å². The molecule has 0 spiro atoms. The Morgan fingerprint density at radius 2 is 2.16 bits per heavy atom. The van der Waals surface area contributed by atoms with Crippen LogP contribution in [-0.4, -0.2) is 9.91 Å². The van der Waals surface area contributed by atoms with Crippen molar-refractivity contribution in [3.05, 3.63) is 56.5 Å². The molecule has 0 bridgehead atoms. The largest absolute Gasteiger partial charge is 0.303 e. The number of thiazole rings is 1. The maximum atomic E-state index is 10.8. The van der Waals surface area contributed by atoms with Crippen molar-refractivity contribution < 1.29 is 4.92 Å². The molecule has 2 aromatic rings. The summed E-state index contributed by atoms with van der Waals surface area (Å²) in [5.41, 5.74) is 2.83. The summed E-state index contributed by atoms with van der Waals surface area (Å²) < 4.78 is 0. The maximum Gasteiger partial charge on any atom is 0.269 e. The lowest BCUT2D eigenvalue weighted by atomic mass is 10.1. The molecule has 0 saturated carbocycles. The van der Waals surface area contributed by atoms with Gasteiger partial charge in [0.05, 0.1) is 10.4 Å². The minimum atomic E-state index is -0.372. The monoisotopic (exact) mass is 277 g/mol. The molecule has 0 fully saturated rings. The smallest absolute Gasteiger partial charge is 0.269 e. The number of aromatic nitrogens is 1. The van der Waals surface area contributed by atoms with Crippen molar-refractivity contribution >= 4 is 17.0 Å². The summed E-state index contributed by atoms with van der Waals surface area (Å²) in [6.45, 7) is 4.05. The predicted octanol–water partition coefficient (Wildman–Crippen LogP) is 3.46. The Labute approximate surface area is 115 Å². The molecule has 1 aromatic carbocycles. The van der Waals surface area contributed by atoms with Crippen molar-refractivity contribution in [2.45, 2.75) is 25.9 Å². The molecule has 6 heteroatoms. The van der Waals surface area contributed by atoms with Gasteiger partial charge in [-0.2, -0.15) is 0 Å². The number of nitro benzene ring substituents is 1. The number of rotatable bonds is 5. The third-order valence-electron chi connectivity index (χ3n) is 2.96. The van der Waals surface area contributed by atoms with E-state index in [0.29, 0.717) is 0 Å². The van der Waals surface area contributed by atoms with Gasteiger partial charge in [-0.15, -0.1) is 11.3 Å². The molecule has 0 amide bonds. The topological polar surface area (TPSA) is 68.1 Å². The molecule has 1 heterocycles. The first-order chi connectivity index (χ1) is 9.08. The van der Waals surface area contributed by atoms with E-state index < -0.39 is 0 Å². The van der Waals surface area contributed by atoms with Crippen LogP contribution < -0.4 is 5.32 Å². The summed E-state index contributed by atoms with van der Waals surface area (Å²) in [7, 11) is 0. The van der Waals surface area contributed by atoms with Crippen LogP contribution in [0, 0.1) is 10.1 Å². The second-order valence-corrected chi connectivity index (χ2v) is 5.28. The van der Waals surface area contributed by atoms with Gasteiger partial charge in [0.2, 0.25) is 0 Å². The fraction of sp³-hybridized carbons (Fsp3) is 0.308. The lowest BCUT2D eigenvalue weighted by Gasteiger charge is -2.19.